The summed E-state index contributed by atoms with van der Waals surface area (Å²) in [6.07, 6.45) is 6.84. The van der Waals surface area contributed by atoms with Gasteiger partial charge in [0.15, 0.2) is 6.10 Å². The van der Waals surface area contributed by atoms with E-state index in [1.165, 1.54) is 17.7 Å². The van der Waals surface area contributed by atoms with Crippen LogP contribution in [0.3, 0.4) is 0 Å². The van der Waals surface area contributed by atoms with E-state index in [1.54, 1.807) is 60.1 Å². The summed E-state index contributed by atoms with van der Waals surface area (Å²) in [5.41, 5.74) is 3.88. The molecular formula is C31H28N6O4. The fraction of sp³-hybridized carbons (Fsp3) is 0.129. The Balaban J connectivity index is 1.31. The monoisotopic (exact) mass is 548 g/mol. The van der Waals surface area contributed by atoms with Crippen molar-refractivity contribution in [2.75, 3.05) is 5.32 Å². The molecule has 2 aromatic carbocycles. The minimum atomic E-state index is -1.15. The van der Waals surface area contributed by atoms with E-state index in [0.717, 1.165) is 11.3 Å². The van der Waals surface area contributed by atoms with Gasteiger partial charge in [-0.3, -0.25) is 19.3 Å². The second kappa shape index (κ2) is 11.7. The standard InChI is InChI=1S/C31H28N6O4/c1-21-28(31(40)37(35(21)3)26-14-8-5-9-15-26)33-30(39)22(2)41-27(38)17-16-24-20-36(25-12-6-4-7-13-25)34-29(24)23-11-10-18-32-19-23/h4-20,22H,1-3H3,(H,33,39)/b17-16+. The van der Waals surface area contributed by atoms with Gasteiger partial charge in [0.1, 0.15) is 11.4 Å². The number of ether oxygens (including phenoxy) is 1. The largest absolute Gasteiger partial charge is 0.449 e. The van der Waals surface area contributed by atoms with Crippen LogP contribution in [0.15, 0.2) is 102 Å². The molecule has 0 fully saturated rings. The Morgan fingerprint density at radius 1 is 0.976 bits per heavy atom. The Kier molecular flexibility index (Phi) is 7.73. The summed E-state index contributed by atoms with van der Waals surface area (Å²) < 4.78 is 10.2. The van der Waals surface area contributed by atoms with Crippen LogP contribution in [0.5, 0.6) is 0 Å². The number of hydrogen-bond donors (Lipinski definition) is 1. The number of carbonyl (C=O) groups is 2. The maximum absolute atomic E-state index is 13.1. The Bertz CT molecular complexity index is 1770. The molecule has 10 heteroatoms. The Morgan fingerprint density at radius 2 is 1.66 bits per heavy atom. The number of pyridine rings is 1. The van der Waals surface area contributed by atoms with Gasteiger partial charge >= 0.3 is 5.97 Å². The number of hydrogen-bond acceptors (Lipinski definition) is 6. The van der Waals surface area contributed by atoms with Crippen LogP contribution in [0.4, 0.5) is 5.69 Å². The first-order valence-electron chi connectivity index (χ1n) is 12.9. The second-order valence-corrected chi connectivity index (χ2v) is 9.29. The van der Waals surface area contributed by atoms with E-state index >= 15 is 0 Å². The summed E-state index contributed by atoms with van der Waals surface area (Å²) >= 11 is 0. The van der Waals surface area contributed by atoms with Gasteiger partial charge in [-0.25, -0.2) is 14.2 Å². The number of para-hydroxylation sites is 2. The number of benzene rings is 2. The number of esters is 1. The van der Waals surface area contributed by atoms with Crippen molar-refractivity contribution < 1.29 is 14.3 Å². The number of amides is 1. The summed E-state index contributed by atoms with van der Waals surface area (Å²) in [7, 11) is 1.73. The van der Waals surface area contributed by atoms with Crippen molar-refractivity contribution in [3.05, 3.63) is 119 Å². The molecule has 41 heavy (non-hydrogen) atoms. The normalized spacial score (nSPS) is 11.9. The lowest BCUT2D eigenvalue weighted by atomic mass is 10.1. The summed E-state index contributed by atoms with van der Waals surface area (Å²) in [5.74, 6) is -1.34. The third kappa shape index (κ3) is 5.76. The molecule has 1 amide bonds. The van der Waals surface area contributed by atoms with E-state index in [1.807, 2.05) is 60.7 Å². The van der Waals surface area contributed by atoms with Gasteiger partial charge in [0.05, 0.1) is 17.1 Å². The molecule has 5 rings (SSSR count). The van der Waals surface area contributed by atoms with E-state index in [0.29, 0.717) is 22.6 Å². The summed E-state index contributed by atoms with van der Waals surface area (Å²) in [5, 5.41) is 7.31. The first kappa shape index (κ1) is 27.1. The summed E-state index contributed by atoms with van der Waals surface area (Å²) in [6, 6.07) is 22.4. The van der Waals surface area contributed by atoms with Gasteiger partial charge in [0.2, 0.25) is 0 Å². The van der Waals surface area contributed by atoms with Crippen LogP contribution in [0.1, 0.15) is 18.2 Å². The van der Waals surface area contributed by atoms with Gasteiger partial charge in [-0.05, 0) is 56.3 Å². The fourth-order valence-electron chi connectivity index (χ4n) is 4.31. The highest BCUT2D eigenvalue weighted by Gasteiger charge is 2.23. The number of aromatic nitrogens is 5. The lowest BCUT2D eigenvalue weighted by molar-refractivity contribution is -0.148. The zero-order valence-corrected chi connectivity index (χ0v) is 22.8. The van der Waals surface area contributed by atoms with Crippen molar-refractivity contribution in [1.29, 1.82) is 0 Å². The molecule has 0 bridgehead atoms. The lowest BCUT2D eigenvalue weighted by Crippen LogP contribution is -2.31. The first-order valence-corrected chi connectivity index (χ1v) is 12.9. The van der Waals surface area contributed by atoms with Crippen molar-refractivity contribution in [2.45, 2.75) is 20.0 Å². The molecule has 0 aliphatic rings. The van der Waals surface area contributed by atoms with Crippen LogP contribution < -0.4 is 10.9 Å². The maximum atomic E-state index is 13.1. The lowest BCUT2D eigenvalue weighted by Gasteiger charge is -2.11. The highest BCUT2D eigenvalue weighted by Crippen LogP contribution is 2.24. The molecular weight excluding hydrogens is 520 g/mol. The highest BCUT2D eigenvalue weighted by molar-refractivity contribution is 5.97. The van der Waals surface area contributed by atoms with Gasteiger partial charge in [-0.15, -0.1) is 0 Å². The van der Waals surface area contributed by atoms with Crippen LogP contribution in [0, 0.1) is 6.92 Å². The third-order valence-corrected chi connectivity index (χ3v) is 6.56. The maximum Gasteiger partial charge on any atom is 0.331 e. The van der Waals surface area contributed by atoms with Crippen LogP contribution in [-0.4, -0.2) is 42.1 Å². The van der Waals surface area contributed by atoms with Gasteiger partial charge < -0.3 is 10.1 Å². The quantitative estimate of drug-likeness (QED) is 0.228. The smallest absolute Gasteiger partial charge is 0.331 e. The molecule has 5 aromatic rings. The van der Waals surface area contributed by atoms with Gasteiger partial charge in [-0.2, -0.15) is 5.10 Å². The molecule has 0 saturated heterocycles. The van der Waals surface area contributed by atoms with Crippen LogP contribution in [0.2, 0.25) is 0 Å². The Morgan fingerprint density at radius 3 is 2.32 bits per heavy atom. The molecule has 0 spiro atoms. The third-order valence-electron chi connectivity index (χ3n) is 6.56. The van der Waals surface area contributed by atoms with Crippen LogP contribution in [-0.2, 0) is 21.4 Å². The number of rotatable bonds is 8. The zero-order valence-electron chi connectivity index (χ0n) is 22.8. The molecule has 1 atom stereocenters. The molecule has 0 radical (unpaired) electrons. The van der Waals surface area contributed by atoms with Crippen LogP contribution in [0.25, 0.3) is 28.7 Å². The molecule has 0 aliphatic carbocycles. The van der Waals surface area contributed by atoms with E-state index in [9.17, 15) is 14.4 Å². The van der Waals surface area contributed by atoms with Gasteiger partial charge in [0.25, 0.3) is 11.5 Å². The van der Waals surface area contributed by atoms with Gasteiger partial charge in [0, 0.05) is 42.8 Å². The van der Waals surface area contributed by atoms with E-state index in [2.05, 4.69) is 15.4 Å². The zero-order chi connectivity index (χ0) is 28.9. The number of anilines is 1. The van der Waals surface area contributed by atoms with Crippen molar-refractivity contribution in [1.82, 2.24) is 24.1 Å². The first-order chi connectivity index (χ1) is 19.8. The Hall–Kier alpha value is -5.51. The number of carbonyl (C=O) groups excluding carboxylic acids is 2. The SMILES string of the molecule is Cc1c(NC(=O)C(C)OC(=O)/C=C/c2cn(-c3ccccc3)nc2-c2cccnc2)c(=O)n(-c2ccccc2)n1C. The highest BCUT2D eigenvalue weighted by atomic mass is 16.5. The summed E-state index contributed by atoms with van der Waals surface area (Å²) in [6.45, 7) is 3.18. The topological polar surface area (TPSA) is 113 Å². The van der Waals surface area contributed by atoms with Gasteiger partial charge in [-0.1, -0.05) is 36.4 Å². The van der Waals surface area contributed by atoms with Crippen molar-refractivity contribution in [2.24, 2.45) is 7.05 Å². The molecule has 3 heterocycles. The number of nitrogens with zero attached hydrogens (tertiary/aromatic N) is 5. The molecule has 0 saturated carbocycles. The molecule has 1 unspecified atom stereocenters. The van der Waals surface area contributed by atoms with E-state index in [-0.39, 0.29) is 11.2 Å². The van der Waals surface area contributed by atoms with Crippen molar-refractivity contribution in [3.63, 3.8) is 0 Å². The molecule has 1 N–H and O–H groups in total. The predicted molar refractivity (Wildman–Crippen MR) is 156 cm³/mol. The number of nitrogens with one attached hydrogen (secondary N) is 1. The minimum absolute atomic E-state index is 0.120. The molecule has 206 valence electrons. The van der Waals surface area contributed by atoms with E-state index < -0.39 is 18.0 Å². The van der Waals surface area contributed by atoms with Crippen molar-refractivity contribution >= 4 is 23.6 Å². The Labute approximate surface area is 236 Å². The van der Waals surface area contributed by atoms with Crippen molar-refractivity contribution in [3.8, 4) is 22.6 Å². The summed E-state index contributed by atoms with van der Waals surface area (Å²) in [4.78, 5) is 42.9. The molecule has 10 nitrogen and oxygen atoms in total. The molecule has 3 aromatic heterocycles. The average molecular weight is 549 g/mol. The molecule has 0 aliphatic heterocycles. The predicted octanol–water partition coefficient (Wildman–Crippen LogP) is 4.32. The van der Waals surface area contributed by atoms with Crippen LogP contribution >= 0.6 is 0 Å². The average Bonchev–Trinajstić information content (AvgIpc) is 3.52. The minimum Gasteiger partial charge on any atom is -0.449 e. The fourth-order valence-corrected chi connectivity index (χ4v) is 4.31. The second-order valence-electron chi connectivity index (χ2n) is 9.29. The van der Waals surface area contributed by atoms with E-state index in [4.69, 9.17) is 4.74 Å².